The fraction of sp³-hybridized carbons (Fsp3) is 0.385. The number of hydrogen-bond donors (Lipinski definition) is 0. The Morgan fingerprint density at radius 1 is 1.41 bits per heavy atom. The van der Waals surface area contributed by atoms with Crippen molar-refractivity contribution in [2.75, 3.05) is 7.11 Å². The van der Waals surface area contributed by atoms with Crippen LogP contribution in [-0.2, 0) is 4.79 Å². The molecule has 0 saturated carbocycles. The number of carbonyl (C=O) groups excluding carboxylic acids is 1. The Kier molecular flexibility index (Phi) is 4.53. The van der Waals surface area contributed by atoms with Crippen LogP contribution in [0.25, 0.3) is 0 Å². The van der Waals surface area contributed by atoms with Gasteiger partial charge in [0, 0.05) is 12.5 Å². The molecule has 1 atom stereocenters. The number of carbonyl (C=O) groups is 1. The summed E-state index contributed by atoms with van der Waals surface area (Å²) in [4.78, 5) is 10.9. The molecule has 0 bridgehead atoms. The van der Waals surface area contributed by atoms with Gasteiger partial charge in [-0.25, -0.2) is 0 Å². The minimum atomic E-state index is -0.217. The molecule has 0 aliphatic rings. The van der Waals surface area contributed by atoms with E-state index in [2.05, 4.69) is 0 Å². The van der Waals surface area contributed by atoms with Crippen LogP contribution in [0.4, 0.5) is 0 Å². The molecule has 1 unspecified atom stereocenters. The van der Waals surface area contributed by atoms with E-state index in [1.165, 1.54) is 14.0 Å². The number of rotatable bonds is 5. The van der Waals surface area contributed by atoms with Gasteiger partial charge in [0.25, 0.3) is 0 Å². The van der Waals surface area contributed by atoms with Gasteiger partial charge in [0.05, 0.1) is 18.7 Å². The number of nitriles is 1. The van der Waals surface area contributed by atoms with Gasteiger partial charge < -0.3 is 9.47 Å². The maximum Gasteiger partial charge on any atom is 0.133 e. The highest BCUT2D eigenvalue weighted by atomic mass is 16.5. The Morgan fingerprint density at radius 2 is 2.06 bits per heavy atom. The molecule has 1 aromatic rings. The molecule has 0 fully saturated rings. The number of Topliss-reactive ketones (excluding diaryl/α,β-unsaturated/α-hetero) is 1. The lowest BCUT2D eigenvalue weighted by Gasteiger charge is -2.14. The first-order chi connectivity index (χ1) is 8.05. The van der Waals surface area contributed by atoms with Crippen molar-refractivity contribution < 1.29 is 14.3 Å². The van der Waals surface area contributed by atoms with Crippen LogP contribution in [-0.4, -0.2) is 19.0 Å². The molecule has 1 rings (SSSR count). The van der Waals surface area contributed by atoms with Crippen LogP contribution >= 0.6 is 0 Å². The van der Waals surface area contributed by atoms with Crippen LogP contribution in [0.2, 0.25) is 0 Å². The lowest BCUT2D eigenvalue weighted by molar-refractivity contribution is -0.118. The summed E-state index contributed by atoms with van der Waals surface area (Å²) >= 11 is 0. The van der Waals surface area contributed by atoms with Crippen LogP contribution in [0.5, 0.6) is 11.5 Å². The topological polar surface area (TPSA) is 59.3 Å². The summed E-state index contributed by atoms with van der Waals surface area (Å²) in [7, 11) is 1.53. The minimum Gasteiger partial charge on any atom is -0.497 e. The Hall–Kier alpha value is -2.02. The summed E-state index contributed by atoms with van der Waals surface area (Å²) in [5.74, 6) is 1.17. The van der Waals surface area contributed by atoms with Crippen molar-refractivity contribution in [3.63, 3.8) is 0 Å². The van der Waals surface area contributed by atoms with E-state index in [9.17, 15) is 4.79 Å². The van der Waals surface area contributed by atoms with E-state index in [0.29, 0.717) is 23.5 Å². The second-order valence-corrected chi connectivity index (χ2v) is 3.84. The molecule has 0 aliphatic carbocycles. The molecule has 0 aromatic heterocycles. The predicted molar refractivity (Wildman–Crippen MR) is 63.1 cm³/mol. The SMILES string of the molecule is COc1cc(C#N)cc(OC(C)CC(C)=O)c1. The van der Waals surface area contributed by atoms with Crippen LogP contribution in [0.1, 0.15) is 25.8 Å². The van der Waals surface area contributed by atoms with Crippen LogP contribution < -0.4 is 9.47 Å². The third kappa shape index (κ3) is 4.15. The average Bonchev–Trinajstić information content (AvgIpc) is 2.27. The largest absolute Gasteiger partial charge is 0.497 e. The number of methoxy groups -OCH3 is 1. The van der Waals surface area contributed by atoms with Crippen molar-refractivity contribution in [2.45, 2.75) is 26.4 Å². The van der Waals surface area contributed by atoms with E-state index < -0.39 is 0 Å². The molecule has 1 aromatic carbocycles. The number of ether oxygens (including phenoxy) is 2. The maximum atomic E-state index is 10.9. The van der Waals surface area contributed by atoms with Gasteiger partial charge in [0.1, 0.15) is 23.4 Å². The maximum absolute atomic E-state index is 10.9. The molecule has 17 heavy (non-hydrogen) atoms. The zero-order valence-electron chi connectivity index (χ0n) is 10.2. The highest BCUT2D eigenvalue weighted by molar-refractivity contribution is 5.75. The Bertz CT molecular complexity index is 448. The molecule has 90 valence electrons. The fourth-order valence-electron chi connectivity index (χ4n) is 1.50. The van der Waals surface area contributed by atoms with Crippen molar-refractivity contribution in [3.8, 4) is 17.6 Å². The molecular formula is C13H15NO3. The summed E-state index contributed by atoms with van der Waals surface area (Å²) in [5, 5.41) is 8.85. The van der Waals surface area contributed by atoms with E-state index >= 15 is 0 Å². The first kappa shape index (κ1) is 13.0. The van der Waals surface area contributed by atoms with Gasteiger partial charge in [-0.1, -0.05) is 0 Å². The Balaban J connectivity index is 2.83. The first-order valence-corrected chi connectivity index (χ1v) is 5.30. The molecular weight excluding hydrogens is 218 g/mol. The molecule has 4 heteroatoms. The molecule has 0 aliphatic heterocycles. The van der Waals surface area contributed by atoms with Crippen molar-refractivity contribution in [1.29, 1.82) is 5.26 Å². The summed E-state index contributed by atoms with van der Waals surface area (Å²) in [5.41, 5.74) is 0.467. The van der Waals surface area contributed by atoms with Gasteiger partial charge in [0.15, 0.2) is 0 Å². The fourth-order valence-corrected chi connectivity index (χ4v) is 1.50. The monoisotopic (exact) mass is 233 g/mol. The average molecular weight is 233 g/mol. The van der Waals surface area contributed by atoms with Gasteiger partial charge in [0.2, 0.25) is 0 Å². The number of benzene rings is 1. The minimum absolute atomic E-state index is 0.0703. The molecule has 4 nitrogen and oxygen atoms in total. The highest BCUT2D eigenvalue weighted by Gasteiger charge is 2.09. The van der Waals surface area contributed by atoms with Crippen LogP contribution in [0, 0.1) is 11.3 Å². The van der Waals surface area contributed by atoms with Gasteiger partial charge in [-0.2, -0.15) is 5.26 Å². The lowest BCUT2D eigenvalue weighted by atomic mass is 10.2. The molecule has 0 saturated heterocycles. The van der Waals surface area contributed by atoms with E-state index in [-0.39, 0.29) is 11.9 Å². The first-order valence-electron chi connectivity index (χ1n) is 5.30. The second-order valence-electron chi connectivity index (χ2n) is 3.84. The highest BCUT2D eigenvalue weighted by Crippen LogP contribution is 2.23. The van der Waals surface area contributed by atoms with Crippen molar-refractivity contribution in [3.05, 3.63) is 23.8 Å². The van der Waals surface area contributed by atoms with Crippen molar-refractivity contribution in [2.24, 2.45) is 0 Å². The number of hydrogen-bond acceptors (Lipinski definition) is 4. The quantitative estimate of drug-likeness (QED) is 0.783. The van der Waals surface area contributed by atoms with Crippen molar-refractivity contribution in [1.82, 2.24) is 0 Å². The van der Waals surface area contributed by atoms with Gasteiger partial charge in [-0.3, -0.25) is 4.79 Å². The smallest absolute Gasteiger partial charge is 0.133 e. The lowest BCUT2D eigenvalue weighted by Crippen LogP contribution is -2.15. The zero-order valence-corrected chi connectivity index (χ0v) is 10.2. The Morgan fingerprint density at radius 3 is 2.59 bits per heavy atom. The van der Waals surface area contributed by atoms with E-state index in [1.54, 1.807) is 18.2 Å². The van der Waals surface area contributed by atoms with Gasteiger partial charge >= 0.3 is 0 Å². The molecule has 0 heterocycles. The van der Waals surface area contributed by atoms with E-state index in [4.69, 9.17) is 14.7 Å². The number of ketones is 1. The normalized spacial score (nSPS) is 11.4. The van der Waals surface area contributed by atoms with E-state index in [1.807, 2.05) is 13.0 Å². The zero-order chi connectivity index (χ0) is 12.8. The van der Waals surface area contributed by atoms with Gasteiger partial charge in [-0.15, -0.1) is 0 Å². The molecule has 0 N–H and O–H groups in total. The van der Waals surface area contributed by atoms with Crippen molar-refractivity contribution >= 4 is 5.78 Å². The predicted octanol–water partition coefficient (Wildman–Crippen LogP) is 2.31. The molecule has 0 spiro atoms. The van der Waals surface area contributed by atoms with Gasteiger partial charge in [-0.05, 0) is 26.0 Å². The standard InChI is InChI=1S/C13H15NO3/c1-9(15)4-10(2)17-13-6-11(8-14)5-12(7-13)16-3/h5-7,10H,4H2,1-3H3. The summed E-state index contributed by atoms with van der Waals surface area (Å²) < 4.78 is 10.6. The van der Waals surface area contributed by atoms with Crippen LogP contribution in [0.3, 0.4) is 0 Å². The summed E-state index contributed by atoms with van der Waals surface area (Å²) in [6, 6.07) is 6.97. The third-order valence-electron chi connectivity index (χ3n) is 2.16. The van der Waals surface area contributed by atoms with E-state index in [0.717, 1.165) is 0 Å². The third-order valence-corrected chi connectivity index (χ3v) is 2.16. The Labute approximate surface area is 101 Å². The van der Waals surface area contributed by atoms with Crippen LogP contribution in [0.15, 0.2) is 18.2 Å². The summed E-state index contributed by atoms with van der Waals surface area (Å²) in [6.45, 7) is 3.33. The number of nitrogens with zero attached hydrogens (tertiary/aromatic N) is 1. The second kappa shape index (κ2) is 5.90. The molecule has 0 radical (unpaired) electrons. The molecule has 0 amide bonds. The summed E-state index contributed by atoms with van der Waals surface area (Å²) in [6.07, 6.45) is 0.130.